The van der Waals surface area contributed by atoms with E-state index in [-0.39, 0.29) is 13.0 Å². The van der Waals surface area contributed by atoms with Crippen LogP contribution in [0.1, 0.15) is 6.42 Å². The first-order chi connectivity index (χ1) is 6.79. The fourth-order valence-corrected chi connectivity index (χ4v) is 1.83. The van der Waals surface area contributed by atoms with Crippen molar-refractivity contribution in [3.63, 3.8) is 0 Å². The van der Waals surface area contributed by atoms with Crippen molar-refractivity contribution < 1.29 is 32.2 Å². The normalized spacial score (nSPS) is 32.5. The van der Waals surface area contributed by atoms with Crippen LogP contribution in [0, 0.1) is 0 Å². The molecule has 0 bridgehead atoms. The van der Waals surface area contributed by atoms with Gasteiger partial charge in [-0.15, -0.1) is 0 Å². The Bertz CT molecular complexity index is 339. The lowest BCUT2D eigenvalue weighted by Crippen LogP contribution is -2.54. The highest BCUT2D eigenvalue weighted by Crippen LogP contribution is 2.15. The van der Waals surface area contributed by atoms with Crippen molar-refractivity contribution in [3.05, 3.63) is 0 Å². The molecule has 0 unspecified atom stereocenters. The number of piperidine rings is 1. The van der Waals surface area contributed by atoms with E-state index >= 15 is 0 Å². The summed E-state index contributed by atoms with van der Waals surface area (Å²) in [5, 5.41) is 20.4. The van der Waals surface area contributed by atoms with Gasteiger partial charge in [0.2, 0.25) is 0 Å². The molecule has 0 aromatic heterocycles. The Morgan fingerprint density at radius 1 is 1.47 bits per heavy atom. The van der Waals surface area contributed by atoms with Crippen LogP contribution in [-0.2, 0) is 19.4 Å². The second-order valence-electron chi connectivity index (χ2n) is 3.16. The summed E-state index contributed by atoms with van der Waals surface area (Å²) in [6.07, 6.45) is -2.67. The van der Waals surface area contributed by atoms with Gasteiger partial charge in [0.15, 0.2) is 0 Å². The highest BCUT2D eigenvalue weighted by Gasteiger charge is 2.35. The molecule has 0 aliphatic carbocycles. The molecule has 0 aromatic rings. The van der Waals surface area contributed by atoms with Crippen LogP contribution in [0.25, 0.3) is 0 Å². The van der Waals surface area contributed by atoms with Crippen LogP contribution in [0.3, 0.4) is 0 Å². The summed E-state index contributed by atoms with van der Waals surface area (Å²) >= 11 is 0. The van der Waals surface area contributed by atoms with Crippen LogP contribution in [0.15, 0.2) is 0 Å². The first-order valence-electron chi connectivity index (χ1n) is 4.09. The molecule has 8 nitrogen and oxygen atoms in total. The Morgan fingerprint density at radius 3 is 2.53 bits per heavy atom. The Balaban J connectivity index is 2.66. The molecule has 1 heterocycles. The summed E-state index contributed by atoms with van der Waals surface area (Å²) in [6.45, 7) is -0.114. The van der Waals surface area contributed by atoms with Gasteiger partial charge in [-0.05, 0) is 0 Å². The molecule has 1 rings (SSSR count). The molecule has 4 N–H and O–H groups in total. The first kappa shape index (κ1) is 12.3. The monoisotopic (exact) mass is 241 g/mol. The van der Waals surface area contributed by atoms with E-state index in [1.54, 1.807) is 0 Å². The Hall–Kier alpha value is -0.740. The minimum absolute atomic E-state index is 0.114. The molecule has 1 saturated heterocycles. The van der Waals surface area contributed by atoms with Gasteiger partial charge in [-0.3, -0.25) is 9.35 Å². The minimum atomic E-state index is -4.69. The number of aliphatic carboxylic acids is 1. The highest BCUT2D eigenvalue weighted by atomic mass is 32.3. The number of rotatable bonds is 3. The number of carbonyl (C=O) groups is 1. The van der Waals surface area contributed by atoms with Gasteiger partial charge in [-0.25, -0.2) is 4.18 Å². The summed E-state index contributed by atoms with van der Waals surface area (Å²) in [4.78, 5) is 10.6. The maximum absolute atomic E-state index is 10.6. The number of aliphatic hydroxyl groups is 1. The summed E-state index contributed by atoms with van der Waals surface area (Å²) < 4.78 is 33.3. The van der Waals surface area contributed by atoms with Gasteiger partial charge in [0.25, 0.3) is 0 Å². The third-order valence-electron chi connectivity index (χ3n) is 2.01. The van der Waals surface area contributed by atoms with E-state index in [4.69, 9.17) is 9.66 Å². The number of carboxylic acid groups (broad SMARTS) is 1. The second-order valence-corrected chi connectivity index (χ2v) is 4.21. The maximum Gasteiger partial charge on any atom is 0.397 e. The van der Waals surface area contributed by atoms with Crippen molar-refractivity contribution in [2.24, 2.45) is 0 Å². The van der Waals surface area contributed by atoms with Crippen molar-refractivity contribution in [3.8, 4) is 0 Å². The fourth-order valence-electron chi connectivity index (χ4n) is 1.31. The molecule has 3 atom stereocenters. The van der Waals surface area contributed by atoms with Crippen LogP contribution >= 0.6 is 0 Å². The summed E-state index contributed by atoms with van der Waals surface area (Å²) in [5.41, 5.74) is 0. The Labute approximate surface area is 85.8 Å². The molecule has 88 valence electrons. The number of hydrogen-bond acceptors (Lipinski definition) is 6. The smallest absolute Gasteiger partial charge is 0.397 e. The molecule has 1 aliphatic heterocycles. The van der Waals surface area contributed by atoms with Crippen LogP contribution in [0.5, 0.6) is 0 Å². The number of hydrogen-bond donors (Lipinski definition) is 4. The number of β-amino-alcohol motifs (C(OH)–C–C–N with tert-alkyl or cyclic N) is 1. The number of carboxylic acids is 1. The van der Waals surface area contributed by atoms with E-state index in [1.807, 2.05) is 0 Å². The zero-order valence-corrected chi connectivity index (χ0v) is 8.35. The minimum Gasteiger partial charge on any atom is -0.480 e. The van der Waals surface area contributed by atoms with Gasteiger partial charge in [0, 0.05) is 13.0 Å². The molecular weight excluding hydrogens is 230 g/mol. The molecule has 9 heteroatoms. The quantitative estimate of drug-likeness (QED) is 0.416. The lowest BCUT2D eigenvalue weighted by molar-refractivity contribution is -0.142. The van der Waals surface area contributed by atoms with Crippen molar-refractivity contribution in [2.75, 3.05) is 6.54 Å². The van der Waals surface area contributed by atoms with Gasteiger partial charge in [0.1, 0.15) is 12.1 Å². The lowest BCUT2D eigenvalue weighted by Gasteiger charge is -2.30. The molecule has 1 aliphatic rings. The van der Waals surface area contributed by atoms with E-state index in [9.17, 15) is 18.3 Å². The van der Waals surface area contributed by atoms with Gasteiger partial charge in [-0.2, -0.15) is 8.42 Å². The topological polar surface area (TPSA) is 133 Å². The molecule has 0 saturated carbocycles. The third-order valence-corrected chi connectivity index (χ3v) is 2.50. The van der Waals surface area contributed by atoms with Crippen LogP contribution in [-0.4, -0.2) is 53.9 Å². The number of aliphatic hydroxyl groups excluding tert-OH is 1. The SMILES string of the molecule is O=C(O)[C@@H]1C[C@@H](OS(=O)(=O)O)[C@H](O)CN1. The van der Waals surface area contributed by atoms with E-state index < -0.39 is 34.6 Å². The van der Waals surface area contributed by atoms with Crippen molar-refractivity contribution >= 4 is 16.4 Å². The van der Waals surface area contributed by atoms with Crippen LogP contribution in [0.2, 0.25) is 0 Å². The van der Waals surface area contributed by atoms with E-state index in [0.717, 1.165) is 0 Å². The standard InChI is InChI=1S/C6H11NO7S/c8-4-2-7-3(6(9)10)1-5(4)14-15(11,12)13/h3-5,7-8H,1-2H2,(H,9,10)(H,11,12,13)/t3-,4+,5+/m0/s1. The third kappa shape index (κ3) is 3.72. The van der Waals surface area contributed by atoms with Crippen molar-refractivity contribution in [1.82, 2.24) is 5.32 Å². The lowest BCUT2D eigenvalue weighted by atomic mass is 10.00. The van der Waals surface area contributed by atoms with Crippen LogP contribution < -0.4 is 5.32 Å². The fraction of sp³-hybridized carbons (Fsp3) is 0.833. The molecule has 0 amide bonds. The zero-order chi connectivity index (χ0) is 11.6. The number of nitrogens with one attached hydrogen (secondary N) is 1. The summed E-state index contributed by atoms with van der Waals surface area (Å²) in [6, 6.07) is -1.000. The van der Waals surface area contributed by atoms with Gasteiger partial charge in [0.05, 0.1) is 6.10 Å². The Morgan fingerprint density at radius 2 is 2.07 bits per heavy atom. The van der Waals surface area contributed by atoms with Crippen molar-refractivity contribution in [1.29, 1.82) is 0 Å². The molecule has 1 fully saturated rings. The molecular formula is C6H11NO7S. The average molecular weight is 241 g/mol. The van der Waals surface area contributed by atoms with Gasteiger partial charge < -0.3 is 15.5 Å². The second kappa shape index (κ2) is 4.41. The Kier molecular flexibility index (Phi) is 3.62. The summed E-state index contributed by atoms with van der Waals surface area (Å²) in [7, 11) is -4.69. The molecule has 0 radical (unpaired) electrons. The average Bonchev–Trinajstić information content (AvgIpc) is 2.06. The van der Waals surface area contributed by atoms with E-state index in [0.29, 0.717) is 0 Å². The predicted octanol–water partition coefficient (Wildman–Crippen LogP) is -2.02. The molecule has 15 heavy (non-hydrogen) atoms. The van der Waals surface area contributed by atoms with E-state index in [2.05, 4.69) is 9.50 Å². The largest absolute Gasteiger partial charge is 0.480 e. The maximum atomic E-state index is 10.6. The molecule has 0 aromatic carbocycles. The van der Waals surface area contributed by atoms with Gasteiger partial charge in [-0.1, -0.05) is 0 Å². The zero-order valence-electron chi connectivity index (χ0n) is 7.53. The molecule has 0 spiro atoms. The predicted molar refractivity (Wildman–Crippen MR) is 46.5 cm³/mol. The van der Waals surface area contributed by atoms with Gasteiger partial charge >= 0.3 is 16.4 Å². The highest BCUT2D eigenvalue weighted by molar-refractivity contribution is 7.80. The summed E-state index contributed by atoms with van der Waals surface area (Å²) in [5.74, 6) is -1.18. The van der Waals surface area contributed by atoms with E-state index in [1.165, 1.54) is 0 Å². The first-order valence-corrected chi connectivity index (χ1v) is 5.46. The van der Waals surface area contributed by atoms with Crippen molar-refractivity contribution in [2.45, 2.75) is 24.7 Å². The van der Waals surface area contributed by atoms with Crippen LogP contribution in [0.4, 0.5) is 0 Å².